The molecule has 0 radical (unpaired) electrons. The monoisotopic (exact) mass is 506 g/mol. The molecule has 0 amide bonds. The van der Waals surface area contributed by atoms with E-state index < -0.39 is 21.3 Å². The van der Waals surface area contributed by atoms with Crippen molar-refractivity contribution in [3.63, 3.8) is 0 Å². The molecule has 1 aliphatic carbocycles. The van der Waals surface area contributed by atoms with E-state index in [9.17, 15) is 18.0 Å². The highest BCUT2D eigenvalue weighted by Crippen LogP contribution is 2.36. The molecule has 0 saturated carbocycles. The smallest absolute Gasteiger partial charge is 0.332 e. The lowest BCUT2D eigenvalue weighted by Gasteiger charge is -2.21. The molecule has 0 aliphatic heterocycles. The summed E-state index contributed by atoms with van der Waals surface area (Å²) in [5.41, 5.74) is 2.29. The zero-order valence-electron chi connectivity index (χ0n) is 20.0. The Bertz CT molecular complexity index is 1580. The first-order valence-electron chi connectivity index (χ1n) is 11.2. The summed E-state index contributed by atoms with van der Waals surface area (Å²) >= 11 is 0. The highest BCUT2D eigenvalue weighted by molar-refractivity contribution is 7.88. The molecule has 0 bridgehead atoms. The van der Waals surface area contributed by atoms with E-state index in [4.69, 9.17) is 4.74 Å². The SMILES string of the molecule is COc1c(/C=C/C2C=CC(NS(C)(=O)=O)=CC2C)cc(-n2ccc(=O)[nH]c2=O)cc1-c1cccnc1. The lowest BCUT2D eigenvalue weighted by Crippen LogP contribution is -2.27. The first-order valence-corrected chi connectivity index (χ1v) is 13.0. The molecule has 2 unspecified atom stereocenters. The molecule has 186 valence electrons. The van der Waals surface area contributed by atoms with E-state index in [1.165, 1.54) is 16.8 Å². The van der Waals surface area contributed by atoms with Gasteiger partial charge in [-0.05, 0) is 30.2 Å². The minimum Gasteiger partial charge on any atom is -0.495 e. The normalized spacial score (nSPS) is 17.7. The van der Waals surface area contributed by atoms with Crippen LogP contribution in [-0.2, 0) is 10.0 Å². The highest BCUT2D eigenvalue weighted by atomic mass is 32.2. The maximum Gasteiger partial charge on any atom is 0.332 e. The van der Waals surface area contributed by atoms with Crippen molar-refractivity contribution in [1.82, 2.24) is 19.3 Å². The number of hydrogen-bond donors (Lipinski definition) is 2. The van der Waals surface area contributed by atoms with Crippen molar-refractivity contribution < 1.29 is 13.2 Å². The largest absolute Gasteiger partial charge is 0.495 e. The number of aromatic amines is 1. The van der Waals surface area contributed by atoms with Gasteiger partial charge in [0.2, 0.25) is 10.0 Å². The van der Waals surface area contributed by atoms with Gasteiger partial charge in [0.1, 0.15) is 5.75 Å². The van der Waals surface area contributed by atoms with Crippen LogP contribution < -0.4 is 20.7 Å². The lowest BCUT2D eigenvalue weighted by molar-refractivity contribution is 0.415. The number of pyridine rings is 1. The van der Waals surface area contributed by atoms with Crippen LogP contribution in [0.5, 0.6) is 5.75 Å². The Hall–Kier alpha value is -4.18. The molecule has 9 nitrogen and oxygen atoms in total. The van der Waals surface area contributed by atoms with E-state index >= 15 is 0 Å². The van der Waals surface area contributed by atoms with Crippen molar-refractivity contribution in [3.05, 3.63) is 105 Å². The Balaban J connectivity index is 1.78. The zero-order valence-corrected chi connectivity index (χ0v) is 20.8. The molecular weight excluding hydrogens is 480 g/mol. The first-order chi connectivity index (χ1) is 17.1. The van der Waals surface area contributed by atoms with E-state index in [1.54, 1.807) is 31.6 Å². The second-order valence-corrected chi connectivity index (χ2v) is 10.2. The number of nitrogens with one attached hydrogen (secondary N) is 2. The fraction of sp³-hybridized carbons (Fsp3) is 0.192. The summed E-state index contributed by atoms with van der Waals surface area (Å²) in [6, 6.07) is 8.60. The van der Waals surface area contributed by atoms with Gasteiger partial charge in [0.25, 0.3) is 5.56 Å². The second kappa shape index (κ2) is 10.2. The minimum atomic E-state index is -3.36. The van der Waals surface area contributed by atoms with E-state index in [2.05, 4.69) is 14.7 Å². The predicted molar refractivity (Wildman–Crippen MR) is 139 cm³/mol. The summed E-state index contributed by atoms with van der Waals surface area (Å²) in [6.45, 7) is 2.00. The molecule has 36 heavy (non-hydrogen) atoms. The van der Waals surface area contributed by atoms with Gasteiger partial charge < -0.3 is 4.74 Å². The summed E-state index contributed by atoms with van der Waals surface area (Å²) in [7, 11) is -1.78. The highest BCUT2D eigenvalue weighted by Gasteiger charge is 2.18. The first kappa shape index (κ1) is 24.9. The van der Waals surface area contributed by atoms with Gasteiger partial charge in [-0.15, -0.1) is 0 Å². The van der Waals surface area contributed by atoms with Crippen LogP contribution in [0.1, 0.15) is 12.5 Å². The topological polar surface area (TPSA) is 123 Å². The lowest BCUT2D eigenvalue weighted by atomic mass is 9.88. The molecule has 1 aliphatic rings. The molecule has 2 N–H and O–H groups in total. The Morgan fingerprint density at radius 1 is 1.22 bits per heavy atom. The van der Waals surface area contributed by atoms with Crippen molar-refractivity contribution >= 4 is 16.1 Å². The molecule has 2 heterocycles. The minimum absolute atomic E-state index is 0.00103. The average Bonchev–Trinajstić information content (AvgIpc) is 2.82. The van der Waals surface area contributed by atoms with Crippen LogP contribution in [0.2, 0.25) is 0 Å². The van der Waals surface area contributed by atoms with Crippen LogP contribution in [0, 0.1) is 11.8 Å². The molecule has 2 atom stereocenters. The van der Waals surface area contributed by atoms with Crippen LogP contribution in [-0.4, -0.2) is 36.3 Å². The van der Waals surface area contributed by atoms with Crippen LogP contribution in [0.3, 0.4) is 0 Å². The van der Waals surface area contributed by atoms with Gasteiger partial charge in [-0.1, -0.05) is 37.3 Å². The fourth-order valence-electron chi connectivity index (χ4n) is 4.06. The van der Waals surface area contributed by atoms with Crippen molar-refractivity contribution in [1.29, 1.82) is 0 Å². The fourth-order valence-corrected chi connectivity index (χ4v) is 4.62. The van der Waals surface area contributed by atoms with Gasteiger partial charge in [-0.25, -0.2) is 13.2 Å². The Morgan fingerprint density at radius 3 is 2.67 bits per heavy atom. The molecule has 10 heteroatoms. The number of rotatable bonds is 7. The van der Waals surface area contributed by atoms with Crippen molar-refractivity contribution in [3.8, 4) is 22.6 Å². The van der Waals surface area contributed by atoms with Gasteiger partial charge in [-0.3, -0.25) is 24.1 Å². The number of hydrogen-bond acceptors (Lipinski definition) is 6. The van der Waals surface area contributed by atoms with Crippen LogP contribution in [0.15, 0.2) is 88.5 Å². The third kappa shape index (κ3) is 5.72. The van der Waals surface area contributed by atoms with Crippen LogP contribution in [0.25, 0.3) is 22.9 Å². The summed E-state index contributed by atoms with van der Waals surface area (Å²) in [5, 5.41) is 0. The van der Waals surface area contributed by atoms with Crippen LogP contribution in [0.4, 0.5) is 0 Å². The maximum atomic E-state index is 12.5. The van der Waals surface area contributed by atoms with Crippen molar-refractivity contribution in [2.24, 2.45) is 11.8 Å². The van der Waals surface area contributed by atoms with E-state index in [1.807, 2.05) is 49.4 Å². The third-order valence-corrected chi connectivity index (χ3v) is 6.34. The van der Waals surface area contributed by atoms with Gasteiger partial charge in [0, 0.05) is 53.0 Å². The number of benzene rings is 1. The van der Waals surface area contributed by atoms with E-state index in [0.717, 1.165) is 22.9 Å². The van der Waals surface area contributed by atoms with Gasteiger partial charge >= 0.3 is 5.69 Å². The Labute approximate surface area is 208 Å². The number of sulfonamides is 1. The molecular formula is C26H26N4O5S. The summed E-state index contributed by atoms with van der Waals surface area (Å²) < 4.78 is 32.7. The molecule has 3 aromatic rings. The summed E-state index contributed by atoms with van der Waals surface area (Å²) in [4.78, 5) is 30.6. The number of methoxy groups -OCH3 is 1. The molecule has 0 saturated heterocycles. The Kier molecular flexibility index (Phi) is 7.07. The number of aromatic nitrogens is 3. The molecule has 0 fully saturated rings. The summed E-state index contributed by atoms with van der Waals surface area (Å²) in [5.74, 6) is 0.633. The average molecular weight is 507 g/mol. The van der Waals surface area contributed by atoms with Crippen molar-refractivity contribution in [2.75, 3.05) is 13.4 Å². The quantitative estimate of drug-likeness (QED) is 0.508. The third-order valence-electron chi connectivity index (χ3n) is 5.73. The Morgan fingerprint density at radius 2 is 2.03 bits per heavy atom. The van der Waals surface area contributed by atoms with Crippen molar-refractivity contribution in [2.45, 2.75) is 6.92 Å². The molecule has 2 aromatic heterocycles. The number of H-pyrrole nitrogens is 1. The van der Waals surface area contributed by atoms with Gasteiger partial charge in [0.05, 0.1) is 19.1 Å². The number of allylic oxidation sites excluding steroid dienone is 4. The number of ether oxygens (including phenoxy) is 1. The predicted octanol–water partition coefficient (Wildman–Crippen LogP) is 2.86. The van der Waals surface area contributed by atoms with Gasteiger partial charge in [0.15, 0.2) is 0 Å². The van der Waals surface area contributed by atoms with Gasteiger partial charge in [-0.2, -0.15) is 0 Å². The number of nitrogens with zero attached hydrogens (tertiary/aromatic N) is 2. The molecule has 0 spiro atoms. The second-order valence-electron chi connectivity index (χ2n) is 8.49. The maximum absolute atomic E-state index is 12.5. The standard InChI is InChI=1S/C26H26N4O5S/c1-17-13-21(29-36(3,33)34)9-8-18(17)6-7-19-14-22(30-12-10-24(31)28-26(30)32)15-23(25(19)35-2)20-5-4-11-27-16-20/h4-18,29H,1-3H3,(H,28,31,32)/b7-6+. The molecule has 4 rings (SSSR count). The van der Waals surface area contributed by atoms with E-state index in [-0.39, 0.29) is 11.8 Å². The molecule has 1 aromatic carbocycles. The van der Waals surface area contributed by atoms with E-state index in [0.29, 0.717) is 17.1 Å². The summed E-state index contributed by atoms with van der Waals surface area (Å²) in [6.07, 6.45) is 15.4. The zero-order chi connectivity index (χ0) is 25.9. The van der Waals surface area contributed by atoms with Crippen LogP contribution >= 0.6 is 0 Å².